The zero-order chi connectivity index (χ0) is 13.0. The molecule has 0 amide bonds. The highest BCUT2D eigenvalue weighted by molar-refractivity contribution is 5.89. The van der Waals surface area contributed by atoms with E-state index in [4.69, 9.17) is 9.63 Å². The summed E-state index contributed by atoms with van der Waals surface area (Å²) in [5, 5.41) is 15.9. The normalized spacial score (nSPS) is 10.5. The average molecular weight is 246 g/mol. The van der Waals surface area contributed by atoms with Gasteiger partial charge in [0.2, 0.25) is 0 Å². The number of aromatic nitrogens is 1. The zero-order valence-electron chi connectivity index (χ0n) is 10.0. The van der Waals surface area contributed by atoms with Crippen LogP contribution in [0.25, 0.3) is 0 Å². The maximum absolute atomic E-state index is 11.0. The Kier molecular flexibility index (Phi) is 3.74. The molecule has 18 heavy (non-hydrogen) atoms. The first-order valence-corrected chi connectivity index (χ1v) is 5.61. The standard InChI is InChI=1S/C13H14N2O3/c1-9-6-11(18-15-9)8-14-7-10-4-2-3-5-12(10)13(16)17/h2-6,14H,7-8H2,1H3,(H,16,17). The van der Waals surface area contributed by atoms with Crippen molar-refractivity contribution in [3.8, 4) is 0 Å². The third-order valence-corrected chi connectivity index (χ3v) is 2.54. The van der Waals surface area contributed by atoms with Gasteiger partial charge < -0.3 is 14.9 Å². The second-order valence-electron chi connectivity index (χ2n) is 4.00. The van der Waals surface area contributed by atoms with Crippen molar-refractivity contribution in [2.45, 2.75) is 20.0 Å². The van der Waals surface area contributed by atoms with E-state index in [1.807, 2.05) is 19.1 Å². The summed E-state index contributed by atoms with van der Waals surface area (Å²) < 4.78 is 5.05. The smallest absolute Gasteiger partial charge is 0.336 e. The number of carboxylic acid groups (broad SMARTS) is 1. The number of nitrogens with one attached hydrogen (secondary N) is 1. The van der Waals surface area contributed by atoms with Crippen LogP contribution in [0.2, 0.25) is 0 Å². The number of aromatic carboxylic acids is 1. The molecular formula is C13H14N2O3. The molecule has 94 valence electrons. The maximum Gasteiger partial charge on any atom is 0.336 e. The highest BCUT2D eigenvalue weighted by atomic mass is 16.5. The van der Waals surface area contributed by atoms with Crippen LogP contribution in [0.15, 0.2) is 34.9 Å². The van der Waals surface area contributed by atoms with Crippen LogP contribution in [0.3, 0.4) is 0 Å². The van der Waals surface area contributed by atoms with Gasteiger partial charge in [0.25, 0.3) is 0 Å². The fraction of sp³-hybridized carbons (Fsp3) is 0.231. The van der Waals surface area contributed by atoms with Crippen LogP contribution >= 0.6 is 0 Å². The Morgan fingerprint density at radius 3 is 2.83 bits per heavy atom. The second-order valence-corrected chi connectivity index (χ2v) is 4.00. The van der Waals surface area contributed by atoms with Crippen molar-refractivity contribution in [1.29, 1.82) is 0 Å². The molecule has 0 unspecified atom stereocenters. The van der Waals surface area contributed by atoms with Crippen LogP contribution in [0, 0.1) is 6.92 Å². The lowest BCUT2D eigenvalue weighted by atomic mass is 10.1. The first kappa shape index (κ1) is 12.3. The van der Waals surface area contributed by atoms with E-state index in [0.29, 0.717) is 18.7 Å². The number of rotatable bonds is 5. The Hall–Kier alpha value is -2.14. The summed E-state index contributed by atoms with van der Waals surface area (Å²) >= 11 is 0. The molecule has 0 atom stereocenters. The molecule has 2 rings (SSSR count). The maximum atomic E-state index is 11.0. The van der Waals surface area contributed by atoms with Gasteiger partial charge >= 0.3 is 5.97 Å². The van der Waals surface area contributed by atoms with Gasteiger partial charge in [-0.25, -0.2) is 4.79 Å². The topological polar surface area (TPSA) is 75.4 Å². The van der Waals surface area contributed by atoms with Crippen LogP contribution in [-0.4, -0.2) is 16.2 Å². The fourth-order valence-electron chi connectivity index (χ4n) is 1.70. The van der Waals surface area contributed by atoms with Gasteiger partial charge in [0.05, 0.1) is 17.8 Å². The summed E-state index contributed by atoms with van der Waals surface area (Å²) in [6, 6.07) is 8.77. The van der Waals surface area contributed by atoms with E-state index in [0.717, 1.165) is 17.0 Å². The van der Waals surface area contributed by atoms with Gasteiger partial charge in [-0.3, -0.25) is 0 Å². The molecular weight excluding hydrogens is 232 g/mol. The number of aryl methyl sites for hydroxylation is 1. The van der Waals surface area contributed by atoms with E-state index in [9.17, 15) is 4.79 Å². The molecule has 2 aromatic rings. The Balaban J connectivity index is 1.96. The van der Waals surface area contributed by atoms with Crippen molar-refractivity contribution in [3.05, 3.63) is 52.9 Å². The molecule has 0 bridgehead atoms. The van der Waals surface area contributed by atoms with Gasteiger partial charge in [0, 0.05) is 12.6 Å². The van der Waals surface area contributed by atoms with Gasteiger partial charge in [0.1, 0.15) is 0 Å². The molecule has 0 fully saturated rings. The zero-order valence-corrected chi connectivity index (χ0v) is 10.0. The minimum absolute atomic E-state index is 0.318. The van der Waals surface area contributed by atoms with Crippen LogP contribution in [0.1, 0.15) is 27.4 Å². The molecule has 0 saturated carbocycles. The van der Waals surface area contributed by atoms with Crippen LogP contribution < -0.4 is 5.32 Å². The van der Waals surface area contributed by atoms with Crippen molar-refractivity contribution < 1.29 is 14.4 Å². The van der Waals surface area contributed by atoms with Gasteiger partial charge in [0.15, 0.2) is 5.76 Å². The summed E-state index contributed by atoms with van der Waals surface area (Å²) in [7, 11) is 0. The Labute approximate surface area is 104 Å². The number of benzene rings is 1. The van der Waals surface area contributed by atoms with Crippen molar-refractivity contribution in [2.24, 2.45) is 0 Å². The molecule has 2 N–H and O–H groups in total. The number of carbonyl (C=O) groups is 1. The largest absolute Gasteiger partial charge is 0.478 e. The van der Waals surface area contributed by atoms with Crippen molar-refractivity contribution in [1.82, 2.24) is 10.5 Å². The highest BCUT2D eigenvalue weighted by Gasteiger charge is 2.08. The SMILES string of the molecule is Cc1cc(CNCc2ccccc2C(=O)O)on1. The number of nitrogens with zero attached hydrogens (tertiary/aromatic N) is 1. The molecule has 5 nitrogen and oxygen atoms in total. The van der Waals surface area contributed by atoms with E-state index in [1.54, 1.807) is 18.2 Å². The van der Waals surface area contributed by atoms with E-state index < -0.39 is 5.97 Å². The quantitative estimate of drug-likeness (QED) is 0.843. The van der Waals surface area contributed by atoms with E-state index in [-0.39, 0.29) is 0 Å². The molecule has 0 spiro atoms. The van der Waals surface area contributed by atoms with E-state index in [1.165, 1.54) is 0 Å². The van der Waals surface area contributed by atoms with E-state index >= 15 is 0 Å². The van der Waals surface area contributed by atoms with Crippen molar-refractivity contribution in [3.63, 3.8) is 0 Å². The Bertz CT molecular complexity index is 549. The second kappa shape index (κ2) is 5.46. The molecule has 1 heterocycles. The molecule has 1 aromatic heterocycles. The van der Waals surface area contributed by atoms with Crippen LogP contribution in [0.5, 0.6) is 0 Å². The number of hydrogen-bond donors (Lipinski definition) is 2. The molecule has 0 aliphatic heterocycles. The highest BCUT2D eigenvalue weighted by Crippen LogP contribution is 2.09. The third kappa shape index (κ3) is 2.95. The predicted octanol–water partition coefficient (Wildman–Crippen LogP) is 1.97. The molecule has 1 aromatic carbocycles. The Morgan fingerprint density at radius 2 is 2.17 bits per heavy atom. The van der Waals surface area contributed by atoms with Gasteiger partial charge in [-0.05, 0) is 18.6 Å². The molecule has 5 heteroatoms. The molecule has 0 aliphatic rings. The summed E-state index contributed by atoms with van der Waals surface area (Å²) in [5.74, 6) is -0.178. The Morgan fingerprint density at radius 1 is 1.39 bits per heavy atom. The lowest BCUT2D eigenvalue weighted by Crippen LogP contribution is -2.15. The average Bonchev–Trinajstić information content (AvgIpc) is 2.75. The molecule has 0 aliphatic carbocycles. The van der Waals surface area contributed by atoms with Gasteiger partial charge in [-0.1, -0.05) is 23.4 Å². The van der Waals surface area contributed by atoms with Crippen LogP contribution in [0.4, 0.5) is 0 Å². The summed E-state index contributed by atoms with van der Waals surface area (Å²) in [6.07, 6.45) is 0. The minimum Gasteiger partial charge on any atom is -0.478 e. The first-order chi connectivity index (χ1) is 8.66. The fourth-order valence-corrected chi connectivity index (χ4v) is 1.70. The van der Waals surface area contributed by atoms with Crippen molar-refractivity contribution in [2.75, 3.05) is 0 Å². The summed E-state index contributed by atoms with van der Waals surface area (Å²) in [6.45, 7) is 2.85. The molecule has 0 saturated heterocycles. The third-order valence-electron chi connectivity index (χ3n) is 2.54. The van der Waals surface area contributed by atoms with Crippen molar-refractivity contribution >= 4 is 5.97 Å². The lowest BCUT2D eigenvalue weighted by Gasteiger charge is -2.06. The van der Waals surface area contributed by atoms with E-state index in [2.05, 4.69) is 10.5 Å². The first-order valence-electron chi connectivity index (χ1n) is 5.61. The summed E-state index contributed by atoms with van der Waals surface area (Å²) in [5.41, 5.74) is 1.90. The number of hydrogen-bond acceptors (Lipinski definition) is 4. The molecule has 0 radical (unpaired) electrons. The monoisotopic (exact) mass is 246 g/mol. The predicted molar refractivity (Wildman–Crippen MR) is 65.2 cm³/mol. The minimum atomic E-state index is -0.914. The van der Waals surface area contributed by atoms with Gasteiger partial charge in [-0.15, -0.1) is 0 Å². The number of carboxylic acids is 1. The van der Waals surface area contributed by atoms with Crippen LogP contribution in [-0.2, 0) is 13.1 Å². The lowest BCUT2D eigenvalue weighted by molar-refractivity contribution is 0.0695. The van der Waals surface area contributed by atoms with Gasteiger partial charge in [-0.2, -0.15) is 0 Å². The summed E-state index contributed by atoms with van der Waals surface area (Å²) in [4.78, 5) is 11.0.